The van der Waals surface area contributed by atoms with Crippen molar-refractivity contribution in [2.45, 2.75) is 13.1 Å². The Morgan fingerprint density at radius 3 is 2.03 bits per heavy atom. The van der Waals surface area contributed by atoms with Crippen LogP contribution in [0.15, 0.2) is 72.8 Å². The van der Waals surface area contributed by atoms with Crippen LogP contribution in [-0.2, 0) is 11.0 Å². The van der Waals surface area contributed by atoms with Crippen LogP contribution in [0.5, 0.6) is 0 Å². The van der Waals surface area contributed by atoms with Crippen molar-refractivity contribution in [2.75, 3.05) is 44.2 Å². The molecule has 1 aliphatic rings. The molecule has 0 N–H and O–H groups in total. The molecule has 0 unspecified atom stereocenters. The summed E-state index contributed by atoms with van der Waals surface area (Å²) in [5.74, 6) is -1.95. The number of rotatable bonds is 6. The van der Waals surface area contributed by atoms with Crippen LogP contribution in [0.25, 0.3) is 11.1 Å². The smallest absolute Gasteiger partial charge is 0.362 e. The second kappa shape index (κ2) is 11.0. The maximum absolute atomic E-state index is 13.6. The number of alkyl halides is 3. The fourth-order valence-electron chi connectivity index (χ4n) is 4.41. The number of carbonyl (C=O) groups excluding carboxylic acids is 2. The Kier molecular flexibility index (Phi) is 7.80. The van der Waals surface area contributed by atoms with Gasteiger partial charge in [-0.05, 0) is 48.4 Å². The van der Waals surface area contributed by atoms with E-state index in [0.29, 0.717) is 24.7 Å². The third kappa shape index (κ3) is 6.10. The van der Waals surface area contributed by atoms with Gasteiger partial charge in [0.05, 0.1) is 17.7 Å². The molecule has 0 spiro atoms. The summed E-state index contributed by atoms with van der Waals surface area (Å²) in [7, 11) is 0. The van der Waals surface area contributed by atoms with Gasteiger partial charge >= 0.3 is 6.18 Å². The van der Waals surface area contributed by atoms with E-state index in [0.717, 1.165) is 16.8 Å². The van der Waals surface area contributed by atoms with Crippen molar-refractivity contribution in [1.82, 2.24) is 9.80 Å². The molecule has 0 saturated carbocycles. The van der Waals surface area contributed by atoms with Gasteiger partial charge in [-0.15, -0.1) is 0 Å². The third-order valence-electron chi connectivity index (χ3n) is 6.48. The van der Waals surface area contributed by atoms with Crippen LogP contribution in [-0.4, -0.2) is 60.9 Å². The van der Waals surface area contributed by atoms with Gasteiger partial charge in [-0.3, -0.25) is 9.59 Å². The zero-order valence-corrected chi connectivity index (χ0v) is 20.3. The van der Waals surface area contributed by atoms with E-state index in [9.17, 15) is 27.2 Å². The topological polar surface area (TPSA) is 43.9 Å². The van der Waals surface area contributed by atoms with E-state index < -0.39 is 29.0 Å². The quantitative estimate of drug-likeness (QED) is 0.419. The lowest BCUT2D eigenvalue weighted by atomic mass is 10.0. The van der Waals surface area contributed by atoms with Gasteiger partial charge in [-0.1, -0.05) is 42.5 Å². The van der Waals surface area contributed by atoms with Gasteiger partial charge in [0.1, 0.15) is 5.82 Å². The first-order valence-electron chi connectivity index (χ1n) is 12.0. The second-order valence-corrected chi connectivity index (χ2v) is 8.79. The number of nitrogens with zero attached hydrogens (tertiary/aromatic N) is 3. The number of carbonyl (C=O) groups is 2. The average Bonchev–Trinajstić information content (AvgIpc) is 2.91. The zero-order valence-electron chi connectivity index (χ0n) is 20.3. The number of amides is 2. The molecule has 1 aliphatic heterocycles. The van der Waals surface area contributed by atoms with E-state index in [1.54, 1.807) is 4.90 Å². The van der Waals surface area contributed by atoms with Crippen LogP contribution < -0.4 is 4.90 Å². The van der Waals surface area contributed by atoms with Crippen molar-refractivity contribution < 1.29 is 27.2 Å². The van der Waals surface area contributed by atoms with Crippen LogP contribution in [0, 0.1) is 5.82 Å². The van der Waals surface area contributed by atoms with Crippen LogP contribution in [0.1, 0.15) is 22.8 Å². The van der Waals surface area contributed by atoms with Crippen molar-refractivity contribution in [1.29, 1.82) is 0 Å². The molecular formula is C28H27F4N3O2. The molecule has 0 atom stereocenters. The molecular weight excluding hydrogens is 486 g/mol. The van der Waals surface area contributed by atoms with Crippen LogP contribution in [0.3, 0.4) is 0 Å². The van der Waals surface area contributed by atoms with Crippen molar-refractivity contribution in [3.63, 3.8) is 0 Å². The van der Waals surface area contributed by atoms with E-state index in [1.807, 2.05) is 66.4 Å². The van der Waals surface area contributed by atoms with E-state index in [1.165, 1.54) is 4.90 Å². The summed E-state index contributed by atoms with van der Waals surface area (Å²) in [5.41, 5.74) is 1.17. The highest BCUT2D eigenvalue weighted by atomic mass is 19.4. The summed E-state index contributed by atoms with van der Waals surface area (Å²) in [4.78, 5) is 30.5. The molecule has 4 rings (SSSR count). The highest BCUT2D eigenvalue weighted by Gasteiger charge is 2.37. The number of anilines is 1. The summed E-state index contributed by atoms with van der Waals surface area (Å²) in [6.07, 6.45) is -4.78. The van der Waals surface area contributed by atoms with Gasteiger partial charge in [0, 0.05) is 38.4 Å². The Balaban J connectivity index is 1.37. The zero-order chi connectivity index (χ0) is 26.6. The maximum Gasteiger partial charge on any atom is 0.417 e. The van der Waals surface area contributed by atoms with Gasteiger partial charge in [0.2, 0.25) is 5.91 Å². The Labute approximate surface area is 212 Å². The molecule has 0 aromatic heterocycles. The fraction of sp³-hybridized carbons (Fsp3) is 0.286. The molecule has 1 saturated heterocycles. The van der Waals surface area contributed by atoms with Gasteiger partial charge < -0.3 is 14.7 Å². The standard InChI is InChI=1S/C28H27F4N3O2/c1-2-33(23-11-8-21(9-12-23)20-6-4-3-5-7-20)19-26(36)34-14-16-35(17-15-34)27(37)24-18-22(29)10-13-25(24)28(30,31)32/h3-13,18H,2,14-17,19H2,1H3. The van der Waals surface area contributed by atoms with Gasteiger partial charge in [0.15, 0.2) is 0 Å². The minimum absolute atomic E-state index is 0.0658. The Bertz CT molecular complexity index is 1240. The molecule has 3 aromatic rings. The predicted octanol–water partition coefficient (Wildman–Crippen LogP) is 5.32. The molecule has 0 bridgehead atoms. The lowest BCUT2D eigenvalue weighted by molar-refractivity contribution is -0.138. The first-order valence-corrected chi connectivity index (χ1v) is 12.0. The van der Waals surface area contributed by atoms with Gasteiger partial charge in [-0.25, -0.2) is 4.39 Å². The van der Waals surface area contributed by atoms with Crippen molar-refractivity contribution in [3.8, 4) is 11.1 Å². The third-order valence-corrected chi connectivity index (χ3v) is 6.48. The number of likely N-dealkylation sites (N-methyl/N-ethyl adjacent to an activating group) is 1. The summed E-state index contributed by atoms with van der Waals surface area (Å²) < 4.78 is 53.6. The molecule has 5 nitrogen and oxygen atoms in total. The number of halogens is 4. The predicted molar refractivity (Wildman–Crippen MR) is 134 cm³/mol. The van der Waals surface area contributed by atoms with E-state index in [-0.39, 0.29) is 38.6 Å². The van der Waals surface area contributed by atoms with Gasteiger partial charge in [0.25, 0.3) is 5.91 Å². The second-order valence-electron chi connectivity index (χ2n) is 8.79. The minimum Gasteiger partial charge on any atom is -0.362 e. The minimum atomic E-state index is -4.78. The summed E-state index contributed by atoms with van der Waals surface area (Å²) in [6, 6.07) is 19.8. The van der Waals surface area contributed by atoms with Crippen molar-refractivity contribution in [3.05, 3.63) is 89.7 Å². The SMILES string of the molecule is CCN(CC(=O)N1CCN(C(=O)c2cc(F)ccc2C(F)(F)F)CC1)c1ccc(-c2ccccc2)cc1. The van der Waals surface area contributed by atoms with Crippen LogP contribution >= 0.6 is 0 Å². The number of hydrogen-bond acceptors (Lipinski definition) is 3. The molecule has 3 aromatic carbocycles. The fourth-order valence-corrected chi connectivity index (χ4v) is 4.41. The Hall–Kier alpha value is -3.88. The molecule has 37 heavy (non-hydrogen) atoms. The number of benzene rings is 3. The summed E-state index contributed by atoms with van der Waals surface area (Å²) in [6.45, 7) is 3.20. The average molecular weight is 514 g/mol. The Morgan fingerprint density at radius 2 is 1.43 bits per heavy atom. The largest absolute Gasteiger partial charge is 0.417 e. The monoisotopic (exact) mass is 513 g/mol. The first kappa shape index (κ1) is 26.2. The lowest BCUT2D eigenvalue weighted by Gasteiger charge is -2.36. The Morgan fingerprint density at radius 1 is 0.838 bits per heavy atom. The van der Waals surface area contributed by atoms with E-state index in [2.05, 4.69) is 0 Å². The highest BCUT2D eigenvalue weighted by molar-refractivity contribution is 5.96. The highest BCUT2D eigenvalue weighted by Crippen LogP contribution is 2.33. The van der Waals surface area contributed by atoms with E-state index >= 15 is 0 Å². The number of piperazine rings is 1. The van der Waals surface area contributed by atoms with Crippen molar-refractivity contribution in [2.24, 2.45) is 0 Å². The summed E-state index contributed by atoms with van der Waals surface area (Å²) >= 11 is 0. The molecule has 194 valence electrons. The molecule has 9 heteroatoms. The molecule has 1 fully saturated rings. The first-order chi connectivity index (χ1) is 17.7. The molecule has 2 amide bonds. The van der Waals surface area contributed by atoms with Crippen molar-refractivity contribution >= 4 is 17.5 Å². The summed E-state index contributed by atoms with van der Waals surface area (Å²) in [5, 5.41) is 0. The molecule has 1 heterocycles. The van der Waals surface area contributed by atoms with E-state index in [4.69, 9.17) is 0 Å². The number of hydrogen-bond donors (Lipinski definition) is 0. The lowest BCUT2D eigenvalue weighted by Crippen LogP contribution is -2.52. The maximum atomic E-state index is 13.6. The molecule has 0 aliphatic carbocycles. The van der Waals surface area contributed by atoms with Crippen LogP contribution in [0.2, 0.25) is 0 Å². The van der Waals surface area contributed by atoms with Crippen LogP contribution in [0.4, 0.5) is 23.2 Å². The van der Waals surface area contributed by atoms with Gasteiger partial charge in [-0.2, -0.15) is 13.2 Å². The normalized spacial score (nSPS) is 14.0. The molecule has 0 radical (unpaired) electrons.